The second-order valence-electron chi connectivity index (χ2n) is 6.49. The molecule has 2 aromatic heterocycles. The van der Waals surface area contributed by atoms with Crippen molar-refractivity contribution in [2.45, 2.75) is 0 Å². The van der Waals surface area contributed by atoms with Crippen molar-refractivity contribution in [3.05, 3.63) is 83.2 Å². The minimum absolute atomic E-state index is 0.245. The zero-order valence-electron chi connectivity index (χ0n) is 16.2. The molecular weight excluding hydrogens is 443 g/mol. The van der Waals surface area contributed by atoms with Crippen LogP contribution in [0.5, 0.6) is 0 Å². The van der Waals surface area contributed by atoms with Crippen LogP contribution in [0.1, 0.15) is 9.67 Å². The summed E-state index contributed by atoms with van der Waals surface area (Å²) in [5, 5.41) is 5.01. The fraction of sp³-hybridized carbons (Fsp3) is 0.0455. The van der Waals surface area contributed by atoms with Crippen LogP contribution in [-0.2, 0) is 4.79 Å². The van der Waals surface area contributed by atoms with Gasteiger partial charge in [0.25, 0.3) is 5.91 Å². The summed E-state index contributed by atoms with van der Waals surface area (Å²) in [6, 6.07) is 14.0. The van der Waals surface area contributed by atoms with E-state index in [9.17, 15) is 22.8 Å². The van der Waals surface area contributed by atoms with E-state index in [4.69, 9.17) is 4.42 Å². The van der Waals surface area contributed by atoms with Gasteiger partial charge in [-0.15, -0.1) is 11.3 Å². The summed E-state index contributed by atoms with van der Waals surface area (Å²) in [6.45, 7) is -0.528. The van der Waals surface area contributed by atoms with Crippen LogP contribution in [0.3, 0.4) is 0 Å². The van der Waals surface area contributed by atoms with E-state index in [2.05, 4.69) is 15.6 Å². The highest BCUT2D eigenvalue weighted by Crippen LogP contribution is 2.34. The molecule has 0 aliphatic carbocycles. The number of thiazole rings is 1. The molecule has 2 heterocycles. The number of carbonyl (C=O) groups is 2. The number of nitrogens with zero attached hydrogens (tertiary/aromatic N) is 1. The van der Waals surface area contributed by atoms with Crippen LogP contribution < -0.4 is 10.6 Å². The van der Waals surface area contributed by atoms with E-state index in [1.54, 1.807) is 36.4 Å². The minimum Gasteiger partial charge on any atom is -0.462 e. The van der Waals surface area contributed by atoms with Crippen molar-refractivity contribution in [1.82, 2.24) is 10.3 Å². The van der Waals surface area contributed by atoms with Crippen LogP contribution in [0.2, 0.25) is 0 Å². The lowest BCUT2D eigenvalue weighted by molar-refractivity contribution is -0.115. The Labute approximate surface area is 183 Å². The summed E-state index contributed by atoms with van der Waals surface area (Å²) in [5.41, 5.74) is 0.567. The molecule has 0 radical (unpaired) electrons. The SMILES string of the molecule is O=C(CNC(=O)c1sc(-c2ccco2)nc1-c1ccccc1)Nc1ccc(F)c(F)c1F. The first-order valence-corrected chi connectivity index (χ1v) is 10.1. The summed E-state index contributed by atoms with van der Waals surface area (Å²) in [4.78, 5) is 29.7. The molecule has 10 heteroatoms. The summed E-state index contributed by atoms with van der Waals surface area (Å²) in [6.07, 6.45) is 1.49. The molecule has 2 aromatic carbocycles. The van der Waals surface area contributed by atoms with Crippen LogP contribution >= 0.6 is 11.3 Å². The normalized spacial score (nSPS) is 10.7. The van der Waals surface area contributed by atoms with Crippen molar-refractivity contribution >= 4 is 28.8 Å². The lowest BCUT2D eigenvalue weighted by Gasteiger charge is -2.08. The Kier molecular flexibility index (Phi) is 6.04. The zero-order chi connectivity index (χ0) is 22.7. The van der Waals surface area contributed by atoms with Gasteiger partial charge in [-0.2, -0.15) is 0 Å². The Morgan fingerprint density at radius 1 is 0.969 bits per heavy atom. The molecule has 0 bridgehead atoms. The largest absolute Gasteiger partial charge is 0.462 e. The molecule has 0 saturated heterocycles. The van der Waals surface area contributed by atoms with Gasteiger partial charge >= 0.3 is 0 Å². The summed E-state index contributed by atoms with van der Waals surface area (Å²) >= 11 is 1.08. The van der Waals surface area contributed by atoms with Gasteiger partial charge < -0.3 is 15.1 Å². The number of halogens is 3. The van der Waals surface area contributed by atoms with Gasteiger partial charge in [-0.05, 0) is 24.3 Å². The second kappa shape index (κ2) is 9.06. The van der Waals surface area contributed by atoms with Crippen molar-refractivity contribution in [2.75, 3.05) is 11.9 Å². The molecule has 6 nitrogen and oxygen atoms in total. The number of nitrogens with one attached hydrogen (secondary N) is 2. The second-order valence-corrected chi connectivity index (χ2v) is 7.49. The molecule has 2 N–H and O–H groups in total. The molecule has 0 aliphatic rings. The topological polar surface area (TPSA) is 84.2 Å². The van der Waals surface area contributed by atoms with Gasteiger partial charge in [0, 0.05) is 5.56 Å². The minimum atomic E-state index is -1.70. The Morgan fingerprint density at radius 2 is 1.75 bits per heavy atom. The highest BCUT2D eigenvalue weighted by Gasteiger charge is 2.22. The van der Waals surface area contributed by atoms with Gasteiger partial charge in [-0.3, -0.25) is 9.59 Å². The zero-order valence-corrected chi connectivity index (χ0v) is 17.0. The van der Waals surface area contributed by atoms with Gasteiger partial charge in [0.05, 0.1) is 24.2 Å². The van der Waals surface area contributed by atoms with Crippen molar-refractivity contribution in [3.63, 3.8) is 0 Å². The Morgan fingerprint density at radius 3 is 2.47 bits per heavy atom. The summed E-state index contributed by atoms with van der Waals surface area (Å²) < 4.78 is 45.4. The third-order valence-electron chi connectivity index (χ3n) is 4.33. The van der Waals surface area contributed by atoms with Crippen LogP contribution in [0.25, 0.3) is 22.0 Å². The fourth-order valence-electron chi connectivity index (χ4n) is 2.83. The molecule has 2 amide bonds. The Balaban J connectivity index is 1.52. The van der Waals surface area contributed by atoms with Crippen molar-refractivity contribution < 1.29 is 27.2 Å². The number of anilines is 1. The van der Waals surface area contributed by atoms with Crippen LogP contribution in [0.15, 0.2) is 65.3 Å². The third kappa shape index (κ3) is 4.40. The lowest BCUT2D eigenvalue weighted by Crippen LogP contribution is -2.33. The highest BCUT2D eigenvalue weighted by atomic mass is 32.1. The summed E-state index contributed by atoms with van der Waals surface area (Å²) in [5.74, 6) is -5.52. The van der Waals surface area contributed by atoms with Crippen LogP contribution in [-0.4, -0.2) is 23.3 Å². The van der Waals surface area contributed by atoms with E-state index in [-0.39, 0.29) is 4.88 Å². The maximum absolute atomic E-state index is 13.7. The molecule has 0 atom stereocenters. The number of aromatic nitrogens is 1. The van der Waals surface area contributed by atoms with E-state index in [0.717, 1.165) is 17.4 Å². The predicted octanol–water partition coefficient (Wildman–Crippen LogP) is 4.86. The average molecular weight is 457 g/mol. The molecule has 4 aromatic rings. The monoisotopic (exact) mass is 457 g/mol. The number of benzene rings is 2. The molecule has 0 unspecified atom stereocenters. The smallest absolute Gasteiger partial charge is 0.264 e. The first-order valence-electron chi connectivity index (χ1n) is 9.25. The molecule has 32 heavy (non-hydrogen) atoms. The first kappa shape index (κ1) is 21.3. The predicted molar refractivity (Wildman–Crippen MR) is 113 cm³/mol. The molecule has 0 fully saturated rings. The van der Waals surface area contributed by atoms with Crippen molar-refractivity contribution in [2.24, 2.45) is 0 Å². The van der Waals surface area contributed by atoms with Gasteiger partial charge in [0.15, 0.2) is 28.2 Å². The van der Waals surface area contributed by atoms with Crippen molar-refractivity contribution in [3.8, 4) is 22.0 Å². The lowest BCUT2D eigenvalue weighted by atomic mass is 10.1. The first-order chi connectivity index (χ1) is 15.4. The number of hydrogen-bond acceptors (Lipinski definition) is 5. The molecular formula is C22H14F3N3O3S. The van der Waals surface area contributed by atoms with Crippen LogP contribution in [0.4, 0.5) is 18.9 Å². The maximum Gasteiger partial charge on any atom is 0.264 e. The van der Waals surface area contributed by atoms with Gasteiger partial charge in [0.2, 0.25) is 5.91 Å². The summed E-state index contributed by atoms with van der Waals surface area (Å²) in [7, 11) is 0. The van der Waals surface area contributed by atoms with E-state index in [0.29, 0.717) is 28.1 Å². The number of rotatable bonds is 6. The maximum atomic E-state index is 13.7. The quantitative estimate of drug-likeness (QED) is 0.405. The number of furan rings is 1. The average Bonchev–Trinajstić information content (AvgIpc) is 3.48. The Bertz CT molecular complexity index is 1270. The number of hydrogen-bond donors (Lipinski definition) is 2. The van der Waals surface area contributed by atoms with Gasteiger partial charge in [0.1, 0.15) is 4.88 Å². The third-order valence-corrected chi connectivity index (χ3v) is 5.40. The van der Waals surface area contributed by atoms with E-state index >= 15 is 0 Å². The fourth-order valence-corrected chi connectivity index (χ4v) is 3.80. The number of amides is 2. The van der Waals surface area contributed by atoms with Gasteiger partial charge in [-0.1, -0.05) is 30.3 Å². The molecule has 0 aliphatic heterocycles. The van der Waals surface area contributed by atoms with E-state index < -0.39 is 41.5 Å². The van der Waals surface area contributed by atoms with Crippen molar-refractivity contribution in [1.29, 1.82) is 0 Å². The molecule has 0 spiro atoms. The molecule has 162 valence electrons. The number of carbonyl (C=O) groups excluding carboxylic acids is 2. The van der Waals surface area contributed by atoms with Gasteiger partial charge in [-0.25, -0.2) is 18.2 Å². The Hall–Kier alpha value is -3.92. The highest BCUT2D eigenvalue weighted by molar-refractivity contribution is 7.17. The standard InChI is InChI=1S/C22H14F3N3O3S/c23-13-8-9-14(18(25)17(13)24)27-16(29)11-26-21(30)20-19(12-5-2-1-3-6-12)28-22(32-20)15-7-4-10-31-15/h1-10H,11H2,(H,26,30)(H,27,29). The molecule has 4 rings (SSSR count). The van der Waals surface area contributed by atoms with Crippen LogP contribution in [0, 0.1) is 17.5 Å². The van der Waals surface area contributed by atoms with E-state index in [1.165, 1.54) is 6.26 Å². The molecule has 0 saturated carbocycles. The van der Waals surface area contributed by atoms with E-state index in [1.807, 2.05) is 6.07 Å².